The summed E-state index contributed by atoms with van der Waals surface area (Å²) in [6, 6.07) is 1.71. The van der Waals surface area contributed by atoms with E-state index in [1.807, 2.05) is 18.5 Å². The van der Waals surface area contributed by atoms with Gasteiger partial charge in [-0.25, -0.2) is 0 Å². The minimum absolute atomic E-state index is 0.00370. The van der Waals surface area contributed by atoms with Crippen LogP contribution in [-0.2, 0) is 6.54 Å². The minimum Gasteiger partial charge on any atom is -0.342 e. The van der Waals surface area contributed by atoms with Crippen LogP contribution in [0.15, 0.2) is 12.3 Å². The third kappa shape index (κ3) is 3.00. The number of rotatable bonds is 5. The van der Waals surface area contributed by atoms with Crippen LogP contribution in [0.1, 0.15) is 17.4 Å². The van der Waals surface area contributed by atoms with Crippen LogP contribution in [0.2, 0.25) is 5.02 Å². The number of hydrogen-bond acceptors (Lipinski definition) is 2. The van der Waals surface area contributed by atoms with Crippen LogP contribution < -0.4 is 5.32 Å². The maximum Gasteiger partial charge on any atom is 0.270 e. The molecule has 1 heterocycles. The van der Waals surface area contributed by atoms with Gasteiger partial charge in [-0.1, -0.05) is 11.6 Å². The van der Waals surface area contributed by atoms with Gasteiger partial charge >= 0.3 is 0 Å². The Hall–Kier alpha value is -1.00. The van der Waals surface area contributed by atoms with E-state index in [0.717, 1.165) is 13.1 Å². The van der Waals surface area contributed by atoms with Gasteiger partial charge in [0.25, 0.3) is 5.91 Å². The number of halogens is 1. The van der Waals surface area contributed by atoms with Crippen LogP contribution in [0.4, 0.5) is 0 Å². The van der Waals surface area contributed by atoms with Crippen molar-refractivity contribution in [3.05, 3.63) is 23.0 Å². The first kappa shape index (κ1) is 13.1. The zero-order valence-electron chi connectivity index (χ0n) is 9.96. The van der Waals surface area contributed by atoms with E-state index in [0.29, 0.717) is 17.3 Å². The van der Waals surface area contributed by atoms with Crippen LogP contribution in [0.3, 0.4) is 0 Å². The first-order valence-corrected chi connectivity index (χ1v) is 5.73. The van der Waals surface area contributed by atoms with E-state index in [1.54, 1.807) is 24.2 Å². The maximum atomic E-state index is 12.1. The number of hydrogen-bond donors (Lipinski definition) is 1. The summed E-state index contributed by atoms with van der Waals surface area (Å²) in [5.41, 5.74) is 0.645. The standard InChI is InChI=1S/C11H18ClN3O/c1-4-15-8-9(12)7-10(15)11(16)14(3)6-5-13-2/h7-8,13H,4-6H2,1-3H3. The lowest BCUT2D eigenvalue weighted by atomic mass is 10.3. The lowest BCUT2D eigenvalue weighted by Crippen LogP contribution is -2.33. The number of likely N-dealkylation sites (N-methyl/N-ethyl adjacent to an activating group) is 2. The number of carbonyl (C=O) groups is 1. The van der Waals surface area contributed by atoms with Gasteiger partial charge in [0.05, 0.1) is 5.02 Å². The average Bonchev–Trinajstić information content (AvgIpc) is 2.66. The highest BCUT2D eigenvalue weighted by molar-refractivity contribution is 6.31. The normalized spacial score (nSPS) is 10.5. The van der Waals surface area contributed by atoms with Crippen molar-refractivity contribution in [2.75, 3.05) is 27.2 Å². The van der Waals surface area contributed by atoms with Crippen molar-refractivity contribution in [2.24, 2.45) is 0 Å². The quantitative estimate of drug-likeness (QED) is 0.850. The van der Waals surface area contributed by atoms with Crippen LogP contribution in [0.25, 0.3) is 0 Å². The molecule has 0 unspecified atom stereocenters. The largest absolute Gasteiger partial charge is 0.342 e. The molecular weight excluding hydrogens is 226 g/mol. The Morgan fingerprint density at radius 3 is 2.88 bits per heavy atom. The molecule has 0 spiro atoms. The zero-order valence-corrected chi connectivity index (χ0v) is 10.7. The number of aromatic nitrogens is 1. The molecule has 0 aromatic carbocycles. The molecule has 0 radical (unpaired) electrons. The predicted molar refractivity (Wildman–Crippen MR) is 66.0 cm³/mol. The summed E-state index contributed by atoms with van der Waals surface area (Å²) >= 11 is 5.89. The molecule has 0 fully saturated rings. The molecule has 0 aliphatic carbocycles. The molecule has 1 amide bonds. The molecule has 5 heteroatoms. The second kappa shape index (κ2) is 5.92. The molecule has 1 aromatic rings. The highest BCUT2D eigenvalue weighted by atomic mass is 35.5. The van der Waals surface area contributed by atoms with Crippen LogP contribution >= 0.6 is 11.6 Å². The van der Waals surface area contributed by atoms with E-state index in [-0.39, 0.29) is 5.91 Å². The van der Waals surface area contributed by atoms with Gasteiger partial charge in [-0.05, 0) is 20.0 Å². The van der Waals surface area contributed by atoms with E-state index < -0.39 is 0 Å². The van der Waals surface area contributed by atoms with Gasteiger partial charge < -0.3 is 14.8 Å². The van der Waals surface area contributed by atoms with Crippen molar-refractivity contribution in [3.63, 3.8) is 0 Å². The van der Waals surface area contributed by atoms with Crippen molar-refractivity contribution in [3.8, 4) is 0 Å². The molecule has 0 aliphatic rings. The van der Waals surface area contributed by atoms with Gasteiger partial charge in [0.15, 0.2) is 0 Å². The summed E-state index contributed by atoms with van der Waals surface area (Å²) in [6.45, 7) is 4.19. The molecule has 0 saturated heterocycles. The topological polar surface area (TPSA) is 37.3 Å². The fourth-order valence-corrected chi connectivity index (χ4v) is 1.71. The van der Waals surface area contributed by atoms with Crippen LogP contribution in [0, 0.1) is 0 Å². The monoisotopic (exact) mass is 243 g/mol. The van der Waals surface area contributed by atoms with E-state index in [4.69, 9.17) is 11.6 Å². The van der Waals surface area contributed by atoms with Gasteiger partial charge in [0.1, 0.15) is 5.69 Å². The van der Waals surface area contributed by atoms with Crippen molar-refractivity contribution >= 4 is 17.5 Å². The molecule has 0 atom stereocenters. The summed E-state index contributed by atoms with van der Waals surface area (Å²) in [5, 5.41) is 3.62. The summed E-state index contributed by atoms with van der Waals surface area (Å²) in [6.07, 6.45) is 1.78. The molecule has 1 N–H and O–H groups in total. The molecule has 0 bridgehead atoms. The molecule has 0 saturated carbocycles. The predicted octanol–water partition coefficient (Wildman–Crippen LogP) is 1.45. The first-order valence-electron chi connectivity index (χ1n) is 5.35. The second-order valence-electron chi connectivity index (χ2n) is 3.66. The maximum absolute atomic E-state index is 12.1. The van der Waals surface area contributed by atoms with E-state index in [2.05, 4.69) is 5.32 Å². The third-order valence-corrected chi connectivity index (χ3v) is 2.67. The number of nitrogens with one attached hydrogen (secondary N) is 1. The number of aryl methyl sites for hydroxylation is 1. The zero-order chi connectivity index (χ0) is 12.1. The van der Waals surface area contributed by atoms with E-state index in [1.165, 1.54) is 0 Å². The summed E-state index contributed by atoms with van der Waals surface area (Å²) in [4.78, 5) is 13.8. The van der Waals surface area contributed by atoms with Crippen molar-refractivity contribution in [1.82, 2.24) is 14.8 Å². The minimum atomic E-state index is 0.00370. The molecule has 4 nitrogen and oxygen atoms in total. The number of amides is 1. The Labute approximate surface area is 101 Å². The lowest BCUT2D eigenvalue weighted by Gasteiger charge is -2.17. The highest BCUT2D eigenvalue weighted by Crippen LogP contribution is 2.15. The van der Waals surface area contributed by atoms with Crippen LogP contribution in [-0.4, -0.2) is 42.6 Å². The highest BCUT2D eigenvalue weighted by Gasteiger charge is 2.16. The van der Waals surface area contributed by atoms with Gasteiger partial charge in [0.2, 0.25) is 0 Å². The summed E-state index contributed by atoms with van der Waals surface area (Å²) < 4.78 is 1.86. The van der Waals surface area contributed by atoms with Gasteiger partial charge in [0, 0.05) is 32.9 Å². The average molecular weight is 244 g/mol. The van der Waals surface area contributed by atoms with E-state index >= 15 is 0 Å². The molecule has 0 aliphatic heterocycles. The first-order chi connectivity index (χ1) is 7.60. The fourth-order valence-electron chi connectivity index (χ4n) is 1.49. The second-order valence-corrected chi connectivity index (χ2v) is 4.10. The molecule has 90 valence electrons. The molecule has 1 aromatic heterocycles. The third-order valence-electron chi connectivity index (χ3n) is 2.47. The van der Waals surface area contributed by atoms with Gasteiger partial charge in [-0.15, -0.1) is 0 Å². The van der Waals surface area contributed by atoms with Crippen molar-refractivity contribution in [1.29, 1.82) is 0 Å². The lowest BCUT2D eigenvalue weighted by molar-refractivity contribution is 0.0786. The summed E-state index contributed by atoms with van der Waals surface area (Å²) in [5.74, 6) is 0.00370. The molecule has 16 heavy (non-hydrogen) atoms. The Morgan fingerprint density at radius 1 is 1.62 bits per heavy atom. The Balaban J connectivity index is 2.78. The molecular formula is C11H18ClN3O. The van der Waals surface area contributed by atoms with Gasteiger partial charge in [-0.2, -0.15) is 0 Å². The SMILES string of the molecule is CCn1cc(Cl)cc1C(=O)N(C)CCNC. The van der Waals surface area contributed by atoms with Crippen molar-refractivity contribution in [2.45, 2.75) is 13.5 Å². The van der Waals surface area contributed by atoms with Crippen LogP contribution in [0.5, 0.6) is 0 Å². The summed E-state index contributed by atoms with van der Waals surface area (Å²) in [7, 11) is 3.66. The Morgan fingerprint density at radius 2 is 2.31 bits per heavy atom. The van der Waals surface area contributed by atoms with E-state index in [9.17, 15) is 4.79 Å². The molecule has 1 rings (SSSR count). The smallest absolute Gasteiger partial charge is 0.270 e. The van der Waals surface area contributed by atoms with Gasteiger partial charge in [-0.3, -0.25) is 4.79 Å². The fraction of sp³-hybridized carbons (Fsp3) is 0.545. The number of carbonyl (C=O) groups excluding carboxylic acids is 1. The Kier molecular flexibility index (Phi) is 4.83. The Bertz CT molecular complexity index is 362. The number of nitrogens with zero attached hydrogens (tertiary/aromatic N) is 2. The van der Waals surface area contributed by atoms with Crippen molar-refractivity contribution < 1.29 is 4.79 Å².